The fraction of sp³-hybridized carbons (Fsp3) is 0.185. The quantitative estimate of drug-likeness (QED) is 0.156. The third kappa shape index (κ3) is 5.80. The summed E-state index contributed by atoms with van der Waals surface area (Å²) in [5.41, 5.74) is 5.20. The number of benzene rings is 3. The highest BCUT2D eigenvalue weighted by Crippen LogP contribution is 2.36. The number of hydrogen-bond acceptors (Lipinski definition) is 5. The monoisotopic (exact) mass is 679 g/mol. The van der Waals surface area contributed by atoms with Gasteiger partial charge in [-0.2, -0.15) is 0 Å². The number of hydrogen-bond donors (Lipinski definition) is 0. The lowest BCUT2D eigenvalue weighted by atomic mass is 10.1. The van der Waals surface area contributed by atoms with Crippen molar-refractivity contribution in [1.29, 1.82) is 0 Å². The van der Waals surface area contributed by atoms with Crippen molar-refractivity contribution < 1.29 is 19.0 Å². The van der Waals surface area contributed by atoms with E-state index in [2.05, 4.69) is 81.4 Å². The molecule has 1 aliphatic rings. The number of nitrogens with zero attached hydrogens (tertiary/aromatic N) is 1. The summed E-state index contributed by atoms with van der Waals surface area (Å²) in [4.78, 5) is 16.9. The van der Waals surface area contributed by atoms with E-state index in [1.807, 2.05) is 44.2 Å². The van der Waals surface area contributed by atoms with Crippen molar-refractivity contribution >= 4 is 63.1 Å². The second-order valence-corrected chi connectivity index (χ2v) is 10.2. The number of halogens is 2. The highest BCUT2D eigenvalue weighted by Gasteiger charge is 2.25. The normalized spacial score (nSPS) is 14.2. The van der Waals surface area contributed by atoms with Gasteiger partial charge in [0.2, 0.25) is 5.90 Å². The summed E-state index contributed by atoms with van der Waals surface area (Å²) in [6.45, 7) is 6.93. The van der Waals surface area contributed by atoms with Crippen LogP contribution in [0.2, 0.25) is 0 Å². The largest absolute Gasteiger partial charge is 0.490 e. The molecule has 5 nitrogen and oxygen atoms in total. The number of carbonyl (C=O) groups is 1. The van der Waals surface area contributed by atoms with Crippen LogP contribution in [0.4, 0.5) is 0 Å². The molecule has 7 heteroatoms. The zero-order valence-electron chi connectivity index (χ0n) is 19.0. The van der Waals surface area contributed by atoms with Gasteiger partial charge in [-0.25, -0.2) is 9.79 Å². The molecule has 0 atom stereocenters. The standard InChI is InChI=1S/C27H23I2NO4/c1-4-32-24-14-19(12-22(29)25(24)33-15-18-7-5-16(2)6-8-18)13-23-27(31)34-26(30-23)20-9-10-21(28)17(3)11-20/h5-14H,4,15H2,1-3H3/b23-13-. The maximum absolute atomic E-state index is 12.5. The Morgan fingerprint density at radius 1 is 0.971 bits per heavy atom. The van der Waals surface area contributed by atoms with Gasteiger partial charge >= 0.3 is 5.97 Å². The zero-order valence-corrected chi connectivity index (χ0v) is 23.3. The lowest BCUT2D eigenvalue weighted by Gasteiger charge is -2.15. The number of carbonyl (C=O) groups excluding carboxylic acids is 1. The topological polar surface area (TPSA) is 57.1 Å². The highest BCUT2D eigenvalue weighted by atomic mass is 127. The molecular formula is C27H23I2NO4. The Kier molecular flexibility index (Phi) is 7.92. The Morgan fingerprint density at radius 2 is 1.74 bits per heavy atom. The van der Waals surface area contributed by atoms with Crippen molar-refractivity contribution in [1.82, 2.24) is 0 Å². The van der Waals surface area contributed by atoms with Crippen LogP contribution in [0.5, 0.6) is 11.5 Å². The van der Waals surface area contributed by atoms with Crippen LogP contribution >= 0.6 is 45.2 Å². The number of rotatable bonds is 7. The molecule has 0 saturated carbocycles. The molecule has 0 spiro atoms. The summed E-state index contributed by atoms with van der Waals surface area (Å²) >= 11 is 4.50. The minimum Gasteiger partial charge on any atom is -0.490 e. The van der Waals surface area contributed by atoms with Gasteiger partial charge in [0.1, 0.15) is 6.61 Å². The van der Waals surface area contributed by atoms with Gasteiger partial charge in [0.15, 0.2) is 17.2 Å². The van der Waals surface area contributed by atoms with Crippen LogP contribution in [0.3, 0.4) is 0 Å². The van der Waals surface area contributed by atoms with Gasteiger partial charge in [0.25, 0.3) is 0 Å². The first-order valence-corrected chi connectivity index (χ1v) is 12.9. The number of aryl methyl sites for hydroxylation is 2. The summed E-state index contributed by atoms with van der Waals surface area (Å²) in [5.74, 6) is 1.14. The Bertz CT molecular complexity index is 1300. The Labute approximate surface area is 226 Å². The smallest absolute Gasteiger partial charge is 0.363 e. The maximum Gasteiger partial charge on any atom is 0.363 e. The first-order chi connectivity index (χ1) is 16.3. The van der Waals surface area contributed by atoms with Gasteiger partial charge in [-0.05, 0) is 119 Å². The lowest BCUT2D eigenvalue weighted by Crippen LogP contribution is -2.06. The summed E-state index contributed by atoms with van der Waals surface area (Å²) in [6.07, 6.45) is 1.71. The van der Waals surface area contributed by atoms with E-state index in [1.165, 1.54) is 5.56 Å². The lowest BCUT2D eigenvalue weighted by molar-refractivity contribution is -0.129. The van der Waals surface area contributed by atoms with E-state index in [9.17, 15) is 4.79 Å². The Hall–Kier alpha value is -2.40. The van der Waals surface area contributed by atoms with Crippen molar-refractivity contribution in [2.75, 3.05) is 6.61 Å². The summed E-state index contributed by atoms with van der Waals surface area (Å²) in [6, 6.07) is 17.9. The number of aliphatic imine (C=N–C) groups is 1. The second kappa shape index (κ2) is 10.9. The maximum atomic E-state index is 12.5. The molecule has 3 aromatic carbocycles. The van der Waals surface area contributed by atoms with Gasteiger partial charge in [-0.15, -0.1) is 0 Å². The molecule has 1 aliphatic heterocycles. The molecule has 174 valence electrons. The van der Waals surface area contributed by atoms with Crippen molar-refractivity contribution in [3.63, 3.8) is 0 Å². The number of cyclic esters (lactones) is 1. The van der Waals surface area contributed by atoms with Gasteiger partial charge in [-0.3, -0.25) is 0 Å². The van der Waals surface area contributed by atoms with Crippen LogP contribution < -0.4 is 9.47 Å². The van der Waals surface area contributed by atoms with Crippen LogP contribution in [0.1, 0.15) is 34.7 Å². The zero-order chi connectivity index (χ0) is 24.2. The number of ether oxygens (including phenoxy) is 3. The Balaban J connectivity index is 1.61. The predicted octanol–water partition coefficient (Wildman–Crippen LogP) is 6.83. The average molecular weight is 679 g/mol. The second-order valence-electron chi connectivity index (χ2n) is 7.84. The van der Waals surface area contributed by atoms with Gasteiger partial charge in [0.05, 0.1) is 10.2 Å². The molecular weight excluding hydrogens is 656 g/mol. The van der Waals surface area contributed by atoms with E-state index in [1.54, 1.807) is 6.08 Å². The molecule has 0 amide bonds. The summed E-state index contributed by atoms with van der Waals surface area (Å²) < 4.78 is 19.4. The summed E-state index contributed by atoms with van der Waals surface area (Å²) in [5, 5.41) is 0. The van der Waals surface area contributed by atoms with Crippen molar-refractivity contribution in [3.8, 4) is 11.5 Å². The molecule has 0 saturated heterocycles. The molecule has 34 heavy (non-hydrogen) atoms. The fourth-order valence-corrected chi connectivity index (χ4v) is 4.50. The van der Waals surface area contributed by atoms with Crippen LogP contribution in [0.15, 0.2) is 65.3 Å². The van der Waals surface area contributed by atoms with Crippen molar-refractivity contribution in [2.24, 2.45) is 4.99 Å². The summed E-state index contributed by atoms with van der Waals surface area (Å²) in [7, 11) is 0. The van der Waals surface area contributed by atoms with Crippen LogP contribution in [0.25, 0.3) is 6.08 Å². The molecule has 4 rings (SSSR count). The molecule has 0 bridgehead atoms. The Morgan fingerprint density at radius 3 is 2.44 bits per heavy atom. The molecule has 0 unspecified atom stereocenters. The van der Waals surface area contributed by atoms with Crippen LogP contribution in [0, 0.1) is 21.0 Å². The van der Waals surface area contributed by atoms with Crippen molar-refractivity contribution in [2.45, 2.75) is 27.4 Å². The van der Waals surface area contributed by atoms with E-state index in [-0.39, 0.29) is 5.70 Å². The van der Waals surface area contributed by atoms with Gasteiger partial charge in [0, 0.05) is 9.13 Å². The van der Waals surface area contributed by atoms with E-state index in [0.717, 1.165) is 29.4 Å². The molecule has 0 radical (unpaired) electrons. The van der Waals surface area contributed by atoms with Gasteiger partial charge < -0.3 is 14.2 Å². The highest BCUT2D eigenvalue weighted by molar-refractivity contribution is 14.1. The SMILES string of the molecule is CCOc1cc(/C=C2\N=C(c3ccc(I)c(C)c3)OC2=O)cc(I)c1OCc1ccc(C)cc1. The number of esters is 1. The predicted molar refractivity (Wildman–Crippen MR) is 150 cm³/mol. The first-order valence-electron chi connectivity index (χ1n) is 10.8. The van der Waals surface area contributed by atoms with E-state index in [4.69, 9.17) is 14.2 Å². The minimum absolute atomic E-state index is 0.248. The van der Waals surface area contributed by atoms with Crippen LogP contribution in [-0.4, -0.2) is 18.5 Å². The van der Waals surface area contributed by atoms with E-state index < -0.39 is 5.97 Å². The molecule has 3 aromatic rings. The molecule has 0 N–H and O–H groups in total. The molecule has 1 heterocycles. The average Bonchev–Trinajstić information content (AvgIpc) is 3.16. The molecule has 0 aliphatic carbocycles. The first kappa shape index (κ1) is 24.7. The third-order valence-electron chi connectivity index (χ3n) is 5.16. The van der Waals surface area contributed by atoms with Crippen LogP contribution in [-0.2, 0) is 16.1 Å². The molecule has 0 aromatic heterocycles. The van der Waals surface area contributed by atoms with Crippen molar-refractivity contribution in [3.05, 3.63) is 95.3 Å². The minimum atomic E-state index is -0.473. The fourth-order valence-electron chi connectivity index (χ4n) is 3.38. The third-order valence-corrected chi connectivity index (χ3v) is 7.18. The van der Waals surface area contributed by atoms with E-state index in [0.29, 0.717) is 30.6 Å². The molecule has 0 fully saturated rings. The van der Waals surface area contributed by atoms with Gasteiger partial charge in [-0.1, -0.05) is 29.8 Å². The van der Waals surface area contributed by atoms with E-state index >= 15 is 0 Å².